The van der Waals surface area contributed by atoms with Crippen LogP contribution in [-0.4, -0.2) is 46.6 Å². The zero-order valence-corrected chi connectivity index (χ0v) is 15.7. The summed E-state index contributed by atoms with van der Waals surface area (Å²) >= 11 is 0. The van der Waals surface area contributed by atoms with Crippen LogP contribution in [0.15, 0.2) is 18.3 Å². The lowest BCUT2D eigenvalue weighted by atomic mass is 9.93. The Labute approximate surface area is 165 Å². The van der Waals surface area contributed by atoms with Crippen molar-refractivity contribution in [1.82, 2.24) is 15.2 Å². The number of rotatable bonds is 5. The molecule has 0 radical (unpaired) electrons. The van der Waals surface area contributed by atoms with Crippen LogP contribution in [0.3, 0.4) is 0 Å². The lowest BCUT2D eigenvalue weighted by Crippen LogP contribution is -2.47. The van der Waals surface area contributed by atoms with E-state index in [-0.39, 0.29) is 30.6 Å². The highest BCUT2D eigenvalue weighted by molar-refractivity contribution is 5.80. The van der Waals surface area contributed by atoms with Gasteiger partial charge in [-0.25, -0.2) is 4.98 Å². The van der Waals surface area contributed by atoms with Gasteiger partial charge in [-0.1, -0.05) is 5.92 Å². The molecule has 0 bridgehead atoms. The van der Waals surface area contributed by atoms with Crippen LogP contribution in [0, 0.1) is 35.0 Å². The van der Waals surface area contributed by atoms with Gasteiger partial charge in [-0.3, -0.25) is 4.79 Å². The summed E-state index contributed by atoms with van der Waals surface area (Å²) < 4.78 is 5.89. The van der Waals surface area contributed by atoms with E-state index in [0.717, 1.165) is 25.7 Å². The number of pyridine rings is 1. The molecule has 1 saturated carbocycles. The Hall–Kier alpha value is -3.08. The van der Waals surface area contributed by atoms with Crippen molar-refractivity contribution in [3.63, 3.8) is 0 Å². The fourth-order valence-electron chi connectivity index (χ4n) is 3.84. The van der Waals surface area contributed by atoms with E-state index < -0.39 is 6.04 Å². The predicted molar refractivity (Wildman–Crippen MR) is 102 cm³/mol. The number of hydrogen-bond donors (Lipinski definition) is 1. The van der Waals surface area contributed by atoms with Crippen molar-refractivity contribution in [2.24, 2.45) is 0 Å². The van der Waals surface area contributed by atoms with Crippen molar-refractivity contribution < 1.29 is 9.53 Å². The van der Waals surface area contributed by atoms with Crippen LogP contribution in [0.5, 0.6) is 5.88 Å². The third-order valence-corrected chi connectivity index (χ3v) is 5.38. The third-order valence-electron chi connectivity index (χ3n) is 5.38. The highest BCUT2D eigenvalue weighted by atomic mass is 16.5. The first-order chi connectivity index (χ1) is 13.6. The summed E-state index contributed by atoms with van der Waals surface area (Å²) in [6.07, 6.45) is 11.9. The molecule has 144 valence electrons. The van der Waals surface area contributed by atoms with Crippen LogP contribution in [0.2, 0.25) is 0 Å². The molecule has 0 unspecified atom stereocenters. The number of terminal acetylenes is 1. The average molecular weight is 377 g/mol. The molecular formula is C21H23N5O2. The Morgan fingerprint density at radius 3 is 2.57 bits per heavy atom. The molecule has 2 fully saturated rings. The average Bonchev–Trinajstić information content (AvgIpc) is 3.17. The van der Waals surface area contributed by atoms with Crippen LogP contribution in [0.25, 0.3) is 0 Å². The van der Waals surface area contributed by atoms with E-state index in [1.165, 1.54) is 6.20 Å². The van der Waals surface area contributed by atoms with Gasteiger partial charge in [-0.2, -0.15) is 10.5 Å². The minimum atomic E-state index is -0.417. The van der Waals surface area contributed by atoms with Gasteiger partial charge in [0.15, 0.2) is 0 Å². The Morgan fingerprint density at radius 1 is 1.21 bits per heavy atom. The highest BCUT2D eigenvalue weighted by Crippen LogP contribution is 2.25. The summed E-state index contributed by atoms with van der Waals surface area (Å²) in [6, 6.07) is 7.16. The smallest absolute Gasteiger partial charge is 0.238 e. The Kier molecular flexibility index (Phi) is 6.48. The van der Waals surface area contributed by atoms with Crippen molar-refractivity contribution in [3.8, 4) is 30.4 Å². The molecule has 2 heterocycles. The van der Waals surface area contributed by atoms with Gasteiger partial charge in [0, 0.05) is 18.3 Å². The molecule has 2 atom stereocenters. The highest BCUT2D eigenvalue weighted by Gasteiger charge is 2.36. The molecule has 0 spiro atoms. The molecule has 1 saturated heterocycles. The van der Waals surface area contributed by atoms with E-state index in [2.05, 4.69) is 22.3 Å². The molecule has 28 heavy (non-hydrogen) atoms. The fraction of sp³-hybridized carbons (Fsp3) is 0.524. The fourth-order valence-corrected chi connectivity index (χ4v) is 3.84. The van der Waals surface area contributed by atoms with Crippen LogP contribution >= 0.6 is 0 Å². The molecule has 1 aromatic heterocycles. The van der Waals surface area contributed by atoms with Crippen molar-refractivity contribution in [2.75, 3.05) is 6.54 Å². The van der Waals surface area contributed by atoms with Crippen molar-refractivity contribution >= 4 is 5.91 Å². The zero-order valence-electron chi connectivity index (χ0n) is 15.7. The van der Waals surface area contributed by atoms with Gasteiger partial charge in [-0.05, 0) is 44.6 Å². The number of hydrogen-bond acceptors (Lipinski definition) is 6. The Morgan fingerprint density at radius 2 is 1.96 bits per heavy atom. The van der Waals surface area contributed by atoms with E-state index in [9.17, 15) is 10.1 Å². The molecule has 1 N–H and O–H groups in total. The third kappa shape index (κ3) is 4.60. The molecule has 0 aromatic carbocycles. The van der Waals surface area contributed by atoms with Crippen molar-refractivity contribution in [2.45, 2.75) is 62.8 Å². The molecular weight excluding hydrogens is 354 g/mol. The molecule has 7 nitrogen and oxygen atoms in total. The monoisotopic (exact) mass is 377 g/mol. The summed E-state index contributed by atoms with van der Waals surface area (Å²) in [5.74, 6) is 3.04. The lowest BCUT2D eigenvalue weighted by molar-refractivity contribution is -0.131. The summed E-state index contributed by atoms with van der Waals surface area (Å²) in [5.41, 5.74) is 0.508. The largest absolute Gasteiger partial charge is 0.474 e. The summed E-state index contributed by atoms with van der Waals surface area (Å²) in [4.78, 5) is 18.2. The first-order valence-corrected chi connectivity index (χ1v) is 9.57. The maximum atomic E-state index is 12.5. The number of amides is 1. The lowest BCUT2D eigenvalue weighted by Gasteiger charge is -2.30. The molecule has 1 aliphatic heterocycles. The van der Waals surface area contributed by atoms with Gasteiger partial charge >= 0.3 is 0 Å². The number of carbonyl (C=O) groups is 1. The van der Waals surface area contributed by atoms with E-state index >= 15 is 0 Å². The minimum absolute atomic E-state index is 0.0848. The summed E-state index contributed by atoms with van der Waals surface area (Å²) in [6.45, 7) is 0.198. The number of carbonyl (C=O) groups excluding carboxylic acids is 1. The number of nitrogens with zero attached hydrogens (tertiary/aromatic N) is 4. The predicted octanol–water partition coefficient (Wildman–Crippen LogP) is 1.75. The van der Waals surface area contributed by atoms with E-state index in [1.54, 1.807) is 17.0 Å². The summed E-state index contributed by atoms with van der Waals surface area (Å²) in [5, 5.41) is 21.3. The SMILES string of the molecule is C#C[C@@H]1CC[C@@H](C#N)N1C(=O)CNC1CCC(Oc2ccc(C#N)cn2)CC1. The molecule has 2 aliphatic rings. The molecule has 7 heteroatoms. The maximum absolute atomic E-state index is 12.5. The first-order valence-electron chi connectivity index (χ1n) is 9.57. The number of ether oxygens (including phenoxy) is 1. The maximum Gasteiger partial charge on any atom is 0.238 e. The normalized spacial score (nSPS) is 26.7. The number of likely N-dealkylation sites (tertiary alicyclic amines) is 1. The van der Waals surface area contributed by atoms with Crippen LogP contribution in [-0.2, 0) is 4.79 Å². The van der Waals surface area contributed by atoms with E-state index in [0.29, 0.717) is 24.3 Å². The Bertz CT molecular complexity index is 787. The second-order valence-electron chi connectivity index (χ2n) is 7.18. The number of aromatic nitrogens is 1. The van der Waals surface area contributed by atoms with E-state index in [4.69, 9.17) is 16.4 Å². The molecule has 1 amide bonds. The second kappa shape index (κ2) is 9.22. The Balaban J connectivity index is 1.43. The number of nitriles is 2. The van der Waals surface area contributed by atoms with Crippen LogP contribution in [0.4, 0.5) is 0 Å². The van der Waals surface area contributed by atoms with Gasteiger partial charge < -0.3 is 15.0 Å². The van der Waals surface area contributed by atoms with E-state index in [1.807, 2.05) is 6.07 Å². The topological polar surface area (TPSA) is 102 Å². The van der Waals surface area contributed by atoms with Gasteiger partial charge in [0.25, 0.3) is 0 Å². The van der Waals surface area contributed by atoms with Gasteiger partial charge in [-0.15, -0.1) is 6.42 Å². The van der Waals surface area contributed by atoms with Gasteiger partial charge in [0.05, 0.1) is 24.2 Å². The number of nitrogens with one attached hydrogen (secondary N) is 1. The quantitative estimate of drug-likeness (QED) is 0.785. The van der Waals surface area contributed by atoms with Crippen LogP contribution in [0.1, 0.15) is 44.1 Å². The standard InChI is InChI=1S/C21H23N5O2/c1-2-17-6-7-18(12-23)26(17)21(27)14-24-16-4-8-19(9-5-16)28-20-10-3-15(11-22)13-25-20/h1,3,10,13,16-19,24H,4-9,14H2/t16?,17-,18+,19?/m1/s1. The van der Waals surface area contributed by atoms with Crippen molar-refractivity contribution in [1.29, 1.82) is 10.5 Å². The molecule has 1 aliphatic carbocycles. The second-order valence-corrected chi connectivity index (χ2v) is 7.18. The zero-order chi connectivity index (χ0) is 19.9. The molecule has 1 aromatic rings. The van der Waals surface area contributed by atoms with Crippen molar-refractivity contribution in [3.05, 3.63) is 23.9 Å². The van der Waals surface area contributed by atoms with Gasteiger partial charge in [0.1, 0.15) is 18.2 Å². The van der Waals surface area contributed by atoms with Crippen LogP contribution < -0.4 is 10.1 Å². The first kappa shape index (κ1) is 19.7. The summed E-state index contributed by atoms with van der Waals surface area (Å²) in [7, 11) is 0. The molecule has 3 rings (SSSR count). The minimum Gasteiger partial charge on any atom is -0.474 e. The van der Waals surface area contributed by atoms with Gasteiger partial charge in [0.2, 0.25) is 11.8 Å².